The predicted molar refractivity (Wildman–Crippen MR) is 100 cm³/mol. The molecule has 0 unspecified atom stereocenters. The van der Waals surface area contributed by atoms with Crippen LogP contribution in [0.1, 0.15) is 0 Å². The summed E-state index contributed by atoms with van der Waals surface area (Å²) >= 11 is 6.03. The van der Waals surface area contributed by atoms with Gasteiger partial charge in [-0.2, -0.15) is 5.10 Å². The molecule has 0 spiro atoms. The molecule has 0 bridgehead atoms. The molecule has 28 heavy (non-hydrogen) atoms. The number of carbonyl (C=O) groups excluding carboxylic acids is 1. The van der Waals surface area contributed by atoms with Gasteiger partial charge < -0.3 is 14.5 Å². The normalized spacial score (nSPS) is 10.6. The van der Waals surface area contributed by atoms with E-state index in [0.29, 0.717) is 22.3 Å². The first-order valence-electron chi connectivity index (χ1n) is 8.15. The number of ether oxygens (including phenoxy) is 1. The average molecular weight is 397 g/mol. The molecule has 140 valence electrons. The summed E-state index contributed by atoms with van der Waals surface area (Å²) in [5, 5.41) is 14.9. The minimum atomic E-state index is -0.428. The van der Waals surface area contributed by atoms with Crippen LogP contribution >= 0.6 is 11.6 Å². The van der Waals surface area contributed by atoms with Gasteiger partial charge in [0.1, 0.15) is 12.7 Å². The Hall–Kier alpha value is -3.72. The third kappa shape index (κ3) is 3.99. The van der Waals surface area contributed by atoms with Gasteiger partial charge in [-0.05, 0) is 30.3 Å². The van der Waals surface area contributed by atoms with Crippen LogP contribution < -0.4 is 10.1 Å². The van der Waals surface area contributed by atoms with E-state index in [0.717, 1.165) is 5.56 Å². The molecule has 0 aliphatic carbocycles. The molecule has 4 rings (SSSR count). The Morgan fingerprint density at radius 1 is 1.18 bits per heavy atom. The molecule has 0 radical (unpaired) electrons. The van der Waals surface area contributed by atoms with Crippen molar-refractivity contribution in [2.24, 2.45) is 0 Å². The van der Waals surface area contributed by atoms with Gasteiger partial charge in [0.05, 0.1) is 11.4 Å². The van der Waals surface area contributed by atoms with E-state index in [2.05, 4.69) is 25.6 Å². The molecule has 0 atom stereocenters. The predicted octanol–water partition coefficient (Wildman–Crippen LogP) is 2.99. The molecule has 0 aliphatic heterocycles. The van der Waals surface area contributed by atoms with E-state index < -0.39 is 5.91 Å². The van der Waals surface area contributed by atoms with E-state index in [1.807, 2.05) is 30.3 Å². The molecule has 9 nitrogen and oxygen atoms in total. The number of nitrogens with one attached hydrogen (secondary N) is 1. The Morgan fingerprint density at radius 3 is 2.82 bits per heavy atom. The van der Waals surface area contributed by atoms with E-state index in [9.17, 15) is 4.79 Å². The van der Waals surface area contributed by atoms with Gasteiger partial charge in [0.15, 0.2) is 6.61 Å². The first-order valence-corrected chi connectivity index (χ1v) is 8.53. The van der Waals surface area contributed by atoms with Gasteiger partial charge in [0.25, 0.3) is 11.8 Å². The minimum absolute atomic E-state index is 0.100. The van der Waals surface area contributed by atoms with Crippen molar-refractivity contribution in [3.8, 4) is 23.2 Å². The van der Waals surface area contributed by atoms with Crippen LogP contribution in [0.4, 0.5) is 5.69 Å². The fourth-order valence-electron chi connectivity index (χ4n) is 2.42. The lowest BCUT2D eigenvalue weighted by atomic mass is 10.2. The number of aromatic nitrogens is 5. The number of amides is 1. The number of anilines is 1. The van der Waals surface area contributed by atoms with Crippen LogP contribution in [-0.2, 0) is 4.79 Å². The Bertz CT molecular complexity index is 1080. The highest BCUT2D eigenvalue weighted by atomic mass is 35.5. The molecule has 0 saturated carbocycles. The minimum Gasteiger partial charge on any atom is -0.439 e. The lowest BCUT2D eigenvalue weighted by molar-refractivity contribution is -0.118. The van der Waals surface area contributed by atoms with Crippen molar-refractivity contribution >= 4 is 23.2 Å². The molecule has 2 heterocycles. The number of hydrogen-bond donors (Lipinski definition) is 1. The fourth-order valence-corrected chi connectivity index (χ4v) is 2.59. The van der Waals surface area contributed by atoms with Crippen molar-refractivity contribution < 1.29 is 13.9 Å². The number of nitrogens with zero attached hydrogens (tertiary/aromatic N) is 5. The molecule has 0 fully saturated rings. The van der Waals surface area contributed by atoms with Gasteiger partial charge in [-0.1, -0.05) is 34.9 Å². The Kier molecular flexibility index (Phi) is 4.98. The number of halogens is 1. The molecule has 4 aromatic rings. The summed E-state index contributed by atoms with van der Waals surface area (Å²) in [5.74, 6) is -0.123. The second kappa shape index (κ2) is 7.89. The van der Waals surface area contributed by atoms with E-state index >= 15 is 0 Å². The van der Waals surface area contributed by atoms with E-state index in [-0.39, 0.29) is 12.7 Å². The van der Waals surface area contributed by atoms with Gasteiger partial charge in [-0.3, -0.25) is 4.79 Å². The highest BCUT2D eigenvalue weighted by molar-refractivity contribution is 6.31. The van der Waals surface area contributed by atoms with Crippen LogP contribution in [0, 0.1) is 0 Å². The van der Waals surface area contributed by atoms with Crippen molar-refractivity contribution in [1.29, 1.82) is 0 Å². The van der Waals surface area contributed by atoms with Crippen molar-refractivity contribution in [1.82, 2.24) is 25.0 Å². The van der Waals surface area contributed by atoms with Gasteiger partial charge in [-0.15, -0.1) is 5.10 Å². The first-order chi connectivity index (χ1) is 13.7. The Balaban J connectivity index is 1.42. The molecular weight excluding hydrogens is 384 g/mol. The average Bonchev–Trinajstić information content (AvgIpc) is 3.39. The van der Waals surface area contributed by atoms with Crippen LogP contribution in [0.2, 0.25) is 5.02 Å². The summed E-state index contributed by atoms with van der Waals surface area (Å²) in [4.78, 5) is 16.2. The van der Waals surface area contributed by atoms with E-state index in [1.165, 1.54) is 17.3 Å². The van der Waals surface area contributed by atoms with Crippen LogP contribution in [-0.4, -0.2) is 37.5 Å². The number of benzene rings is 2. The third-order valence-electron chi connectivity index (χ3n) is 3.65. The van der Waals surface area contributed by atoms with Gasteiger partial charge >= 0.3 is 6.08 Å². The molecule has 0 saturated heterocycles. The van der Waals surface area contributed by atoms with Crippen LogP contribution in [0.15, 0.2) is 65.6 Å². The lowest BCUT2D eigenvalue weighted by Crippen LogP contribution is -2.21. The maximum atomic E-state index is 12.3. The van der Waals surface area contributed by atoms with Crippen LogP contribution in [0.25, 0.3) is 17.1 Å². The molecule has 10 heteroatoms. The largest absolute Gasteiger partial charge is 0.439 e. The van der Waals surface area contributed by atoms with Crippen molar-refractivity contribution in [2.75, 3.05) is 11.9 Å². The Morgan fingerprint density at radius 2 is 2.04 bits per heavy atom. The van der Waals surface area contributed by atoms with Gasteiger partial charge in [0, 0.05) is 10.6 Å². The number of hydrogen-bond acceptors (Lipinski definition) is 7. The smallest absolute Gasteiger partial charge is 0.415 e. The lowest BCUT2D eigenvalue weighted by Gasteiger charge is -2.11. The summed E-state index contributed by atoms with van der Waals surface area (Å²) in [7, 11) is 0. The van der Waals surface area contributed by atoms with Crippen LogP contribution in [0.3, 0.4) is 0 Å². The van der Waals surface area contributed by atoms with Crippen LogP contribution in [0.5, 0.6) is 6.08 Å². The summed E-state index contributed by atoms with van der Waals surface area (Å²) in [6.07, 6.45) is 2.80. The highest BCUT2D eigenvalue weighted by Crippen LogP contribution is 2.24. The standard InChI is InChI=1S/C18H13ClN6O3/c19-13-6-7-15(25-11-20-10-21-25)14(8-13)22-16(26)9-27-18-24-23-17(28-18)12-4-2-1-3-5-12/h1-8,10-11H,9H2,(H,22,26). The third-order valence-corrected chi connectivity index (χ3v) is 3.89. The molecular formula is C18H13ClN6O3. The van der Waals surface area contributed by atoms with E-state index in [4.69, 9.17) is 20.8 Å². The SMILES string of the molecule is O=C(COc1nnc(-c2ccccc2)o1)Nc1cc(Cl)ccc1-n1cncn1. The van der Waals surface area contributed by atoms with Gasteiger partial charge in [0.2, 0.25) is 0 Å². The zero-order chi connectivity index (χ0) is 19.3. The summed E-state index contributed by atoms with van der Waals surface area (Å²) in [6, 6.07) is 14.3. The summed E-state index contributed by atoms with van der Waals surface area (Å²) in [6.45, 7) is -0.320. The maximum absolute atomic E-state index is 12.3. The van der Waals surface area contributed by atoms with Crippen molar-refractivity contribution in [2.45, 2.75) is 0 Å². The van der Waals surface area contributed by atoms with E-state index in [1.54, 1.807) is 18.2 Å². The summed E-state index contributed by atoms with van der Waals surface area (Å²) < 4.78 is 12.2. The van der Waals surface area contributed by atoms with Crippen molar-refractivity contribution in [3.05, 3.63) is 66.2 Å². The quantitative estimate of drug-likeness (QED) is 0.533. The second-order valence-corrected chi connectivity index (χ2v) is 6.01. The molecule has 1 N–H and O–H groups in total. The maximum Gasteiger partial charge on any atom is 0.415 e. The Labute approximate surface area is 163 Å². The highest BCUT2D eigenvalue weighted by Gasteiger charge is 2.13. The number of rotatable bonds is 6. The number of carbonyl (C=O) groups is 1. The zero-order valence-corrected chi connectivity index (χ0v) is 15.1. The monoisotopic (exact) mass is 396 g/mol. The second-order valence-electron chi connectivity index (χ2n) is 5.58. The molecule has 1 amide bonds. The molecule has 0 aliphatic rings. The van der Waals surface area contributed by atoms with Gasteiger partial charge in [-0.25, -0.2) is 9.67 Å². The first kappa shape index (κ1) is 17.7. The topological polar surface area (TPSA) is 108 Å². The summed E-state index contributed by atoms with van der Waals surface area (Å²) in [5.41, 5.74) is 1.83. The zero-order valence-electron chi connectivity index (χ0n) is 14.3. The fraction of sp³-hybridized carbons (Fsp3) is 0.0556. The molecule has 2 aromatic carbocycles. The van der Waals surface area contributed by atoms with Crippen molar-refractivity contribution in [3.63, 3.8) is 0 Å². The molecule has 2 aromatic heterocycles.